The molecular formula is C20H30N2O. The van der Waals surface area contributed by atoms with Gasteiger partial charge in [-0.15, -0.1) is 5.92 Å². The van der Waals surface area contributed by atoms with E-state index in [9.17, 15) is 0 Å². The van der Waals surface area contributed by atoms with Crippen LogP contribution in [0, 0.1) is 17.8 Å². The van der Waals surface area contributed by atoms with E-state index in [0.29, 0.717) is 12.5 Å². The summed E-state index contributed by atoms with van der Waals surface area (Å²) in [7, 11) is 1.75. The number of fused-ring (bicyclic) bond motifs is 1. The minimum Gasteiger partial charge on any atom is -0.382 e. The number of allylic oxidation sites excluding steroid dienone is 3. The van der Waals surface area contributed by atoms with Crippen molar-refractivity contribution in [1.82, 2.24) is 4.90 Å². The second-order valence-corrected chi connectivity index (χ2v) is 6.59. The Morgan fingerprint density at radius 3 is 2.91 bits per heavy atom. The maximum Gasteiger partial charge on any atom is 0.115 e. The molecule has 2 heterocycles. The average Bonchev–Trinajstić information content (AvgIpc) is 2.95. The number of rotatable bonds is 6. The molecule has 2 aliphatic rings. The van der Waals surface area contributed by atoms with Crippen LogP contribution < -0.4 is 0 Å². The van der Waals surface area contributed by atoms with Gasteiger partial charge in [0.15, 0.2) is 0 Å². The number of unbranched alkanes of at least 4 members (excludes halogenated alkanes) is 2. The Labute approximate surface area is 141 Å². The molecule has 0 spiro atoms. The molecule has 126 valence electrons. The topological polar surface area (TPSA) is 24.8 Å². The molecule has 0 amide bonds. The van der Waals surface area contributed by atoms with Crippen LogP contribution in [0.1, 0.15) is 52.9 Å². The second-order valence-electron chi connectivity index (χ2n) is 6.59. The van der Waals surface area contributed by atoms with Crippen LogP contribution in [0.3, 0.4) is 0 Å². The van der Waals surface area contributed by atoms with E-state index in [1.54, 1.807) is 7.11 Å². The summed E-state index contributed by atoms with van der Waals surface area (Å²) in [5.41, 5.74) is 1.35. The molecule has 2 aliphatic heterocycles. The molecule has 0 aromatic carbocycles. The third kappa shape index (κ3) is 4.72. The highest BCUT2D eigenvalue weighted by Crippen LogP contribution is 2.30. The lowest BCUT2D eigenvalue weighted by atomic mass is 10.1. The van der Waals surface area contributed by atoms with E-state index < -0.39 is 0 Å². The van der Waals surface area contributed by atoms with Gasteiger partial charge in [0.1, 0.15) is 11.9 Å². The van der Waals surface area contributed by atoms with Crippen molar-refractivity contribution in [3.63, 3.8) is 0 Å². The van der Waals surface area contributed by atoms with E-state index in [-0.39, 0.29) is 12.1 Å². The summed E-state index contributed by atoms with van der Waals surface area (Å²) in [5.74, 6) is 8.42. The monoisotopic (exact) mass is 314 g/mol. The summed E-state index contributed by atoms with van der Waals surface area (Å²) in [6, 6.07) is 0.359. The van der Waals surface area contributed by atoms with Crippen LogP contribution in [-0.2, 0) is 4.74 Å². The molecule has 2 rings (SSSR count). The highest BCUT2D eigenvalue weighted by Gasteiger charge is 2.30. The van der Waals surface area contributed by atoms with E-state index in [4.69, 9.17) is 9.73 Å². The Morgan fingerprint density at radius 2 is 2.22 bits per heavy atom. The molecule has 1 fully saturated rings. The van der Waals surface area contributed by atoms with E-state index >= 15 is 0 Å². The zero-order chi connectivity index (χ0) is 16.7. The van der Waals surface area contributed by atoms with Gasteiger partial charge in [-0.05, 0) is 30.9 Å². The molecule has 1 saturated heterocycles. The Kier molecular flexibility index (Phi) is 6.92. The summed E-state index contributed by atoms with van der Waals surface area (Å²) in [6.07, 6.45) is 12.0. The maximum absolute atomic E-state index is 5.35. The van der Waals surface area contributed by atoms with E-state index in [0.717, 1.165) is 19.3 Å². The van der Waals surface area contributed by atoms with Crippen molar-refractivity contribution in [3.8, 4) is 11.8 Å². The number of hydrogen-bond acceptors (Lipinski definition) is 2. The molecule has 3 heteroatoms. The van der Waals surface area contributed by atoms with Crippen molar-refractivity contribution in [2.75, 3.05) is 13.7 Å². The van der Waals surface area contributed by atoms with Crippen LogP contribution >= 0.6 is 0 Å². The summed E-state index contributed by atoms with van der Waals surface area (Å²) in [4.78, 5) is 7.36. The molecule has 0 radical (unpaired) electrons. The van der Waals surface area contributed by atoms with Crippen molar-refractivity contribution in [2.24, 2.45) is 10.9 Å². The van der Waals surface area contributed by atoms with Crippen molar-refractivity contribution in [2.45, 2.75) is 65.0 Å². The van der Waals surface area contributed by atoms with Gasteiger partial charge < -0.3 is 9.64 Å². The molecular weight excluding hydrogens is 284 g/mol. The highest BCUT2D eigenvalue weighted by molar-refractivity contribution is 5.88. The lowest BCUT2D eigenvalue weighted by Crippen LogP contribution is -2.36. The molecule has 0 bridgehead atoms. The molecule has 23 heavy (non-hydrogen) atoms. The predicted octanol–water partition coefficient (Wildman–Crippen LogP) is 4.17. The molecule has 0 aromatic rings. The average molecular weight is 314 g/mol. The highest BCUT2D eigenvalue weighted by atomic mass is 16.5. The van der Waals surface area contributed by atoms with Gasteiger partial charge in [0.05, 0.1) is 12.6 Å². The Balaban J connectivity index is 2.16. The molecule has 2 atom stereocenters. The van der Waals surface area contributed by atoms with Crippen LogP contribution in [0.15, 0.2) is 28.9 Å². The normalized spacial score (nSPS) is 22.8. The van der Waals surface area contributed by atoms with Gasteiger partial charge in [-0.1, -0.05) is 39.2 Å². The standard InChI is InChI=1S/C20H30N2O/c1-5-6-7-8-10-17-11-9-12-18-13-14-20(22(17)18)21-19(15-23-4)16(2)3/h9,11-12,16-17,19H,5-7,13-15H2,1-4H3/t17-,19-/m1/s1. The van der Waals surface area contributed by atoms with Gasteiger partial charge >= 0.3 is 0 Å². The largest absolute Gasteiger partial charge is 0.382 e. The minimum absolute atomic E-state index is 0.142. The van der Waals surface area contributed by atoms with Gasteiger partial charge in [-0.2, -0.15) is 0 Å². The Morgan fingerprint density at radius 1 is 1.39 bits per heavy atom. The number of ether oxygens (including phenoxy) is 1. The molecule has 0 N–H and O–H groups in total. The zero-order valence-corrected chi connectivity index (χ0v) is 15.0. The lowest BCUT2D eigenvalue weighted by Gasteiger charge is -2.29. The molecule has 0 unspecified atom stereocenters. The van der Waals surface area contributed by atoms with Gasteiger partial charge in [0.25, 0.3) is 0 Å². The fourth-order valence-corrected chi connectivity index (χ4v) is 2.93. The third-order valence-electron chi connectivity index (χ3n) is 4.38. The molecule has 0 aliphatic carbocycles. The van der Waals surface area contributed by atoms with Crippen molar-refractivity contribution < 1.29 is 4.74 Å². The smallest absolute Gasteiger partial charge is 0.115 e. The van der Waals surface area contributed by atoms with E-state index in [2.05, 4.69) is 55.7 Å². The first kappa shape index (κ1) is 17.8. The molecule has 0 aromatic heterocycles. The first-order chi connectivity index (χ1) is 11.2. The Hall–Kier alpha value is -1.53. The van der Waals surface area contributed by atoms with Crippen LogP contribution in [0.2, 0.25) is 0 Å². The Bertz CT molecular complexity index is 534. The maximum atomic E-state index is 5.35. The van der Waals surface area contributed by atoms with Gasteiger partial charge in [-0.3, -0.25) is 4.99 Å². The second kappa shape index (κ2) is 8.93. The fraction of sp³-hybridized carbons (Fsp3) is 0.650. The third-order valence-corrected chi connectivity index (χ3v) is 4.38. The predicted molar refractivity (Wildman–Crippen MR) is 97.3 cm³/mol. The zero-order valence-electron chi connectivity index (χ0n) is 15.0. The van der Waals surface area contributed by atoms with Crippen LogP contribution in [0.5, 0.6) is 0 Å². The minimum atomic E-state index is 0.142. The van der Waals surface area contributed by atoms with Crippen LogP contribution in [0.25, 0.3) is 0 Å². The van der Waals surface area contributed by atoms with Gasteiger partial charge in [0.2, 0.25) is 0 Å². The number of hydrogen-bond donors (Lipinski definition) is 0. The summed E-state index contributed by atoms with van der Waals surface area (Å²) in [5, 5.41) is 0. The fourth-order valence-electron chi connectivity index (χ4n) is 2.93. The number of aliphatic imine (C=N–C) groups is 1. The van der Waals surface area contributed by atoms with Crippen LogP contribution in [-0.4, -0.2) is 36.5 Å². The number of methoxy groups -OCH3 is 1. The first-order valence-corrected chi connectivity index (χ1v) is 8.88. The number of amidine groups is 1. The molecule has 3 nitrogen and oxygen atoms in total. The SMILES string of the molecule is CCCCC#C[C@@H]1C=CC=C2CCC(=N[C@H](COC)C(C)C)N21. The molecule has 0 saturated carbocycles. The van der Waals surface area contributed by atoms with Gasteiger partial charge in [-0.25, -0.2) is 0 Å². The van der Waals surface area contributed by atoms with E-state index in [1.807, 2.05) is 0 Å². The van der Waals surface area contributed by atoms with Crippen molar-refractivity contribution in [3.05, 3.63) is 23.9 Å². The van der Waals surface area contributed by atoms with E-state index in [1.165, 1.54) is 24.4 Å². The van der Waals surface area contributed by atoms with Crippen molar-refractivity contribution in [1.29, 1.82) is 0 Å². The number of nitrogens with zero attached hydrogens (tertiary/aromatic N) is 2. The summed E-state index contributed by atoms with van der Waals surface area (Å²) in [6.45, 7) is 7.29. The quantitative estimate of drug-likeness (QED) is 0.543. The van der Waals surface area contributed by atoms with Gasteiger partial charge in [0, 0.05) is 25.6 Å². The van der Waals surface area contributed by atoms with Crippen molar-refractivity contribution >= 4 is 5.84 Å². The first-order valence-electron chi connectivity index (χ1n) is 8.88. The van der Waals surface area contributed by atoms with Crippen LogP contribution in [0.4, 0.5) is 0 Å². The summed E-state index contributed by atoms with van der Waals surface area (Å²) >= 11 is 0. The lowest BCUT2D eigenvalue weighted by molar-refractivity contribution is 0.164. The summed E-state index contributed by atoms with van der Waals surface area (Å²) < 4.78 is 5.35.